The average Bonchev–Trinajstić information content (AvgIpc) is 3.12. The van der Waals surface area contributed by atoms with E-state index in [0.717, 1.165) is 12.0 Å². The van der Waals surface area contributed by atoms with Crippen molar-refractivity contribution in [2.45, 2.75) is 24.7 Å². The first kappa shape index (κ1) is 19.1. The fourth-order valence-electron chi connectivity index (χ4n) is 3.26. The van der Waals surface area contributed by atoms with Crippen LogP contribution in [-0.4, -0.2) is 38.3 Å². The summed E-state index contributed by atoms with van der Waals surface area (Å²) in [6.45, 7) is 2.87. The van der Waals surface area contributed by atoms with E-state index >= 15 is 0 Å². The molecule has 0 saturated carbocycles. The molecule has 27 heavy (non-hydrogen) atoms. The van der Waals surface area contributed by atoms with Gasteiger partial charge in [0.25, 0.3) is 5.91 Å². The predicted octanol–water partition coefficient (Wildman–Crippen LogP) is 2.29. The number of hydrogen-bond donors (Lipinski definition) is 1. The zero-order chi connectivity index (χ0) is 19.4. The molecular weight excluding hydrogens is 366 g/mol. The van der Waals surface area contributed by atoms with Gasteiger partial charge in [0, 0.05) is 25.2 Å². The van der Waals surface area contributed by atoms with Crippen LogP contribution in [0.15, 0.2) is 45.9 Å². The summed E-state index contributed by atoms with van der Waals surface area (Å²) in [6.07, 6.45) is 2.99. The average molecular weight is 387 g/mol. The molecule has 1 saturated heterocycles. The van der Waals surface area contributed by atoms with Crippen molar-refractivity contribution in [3.63, 3.8) is 0 Å². The second-order valence-electron chi connectivity index (χ2n) is 6.62. The number of piperidine rings is 1. The third kappa shape index (κ3) is 4.04. The second-order valence-corrected chi connectivity index (χ2v) is 8.53. The maximum Gasteiger partial charge on any atom is 0.287 e. The van der Waals surface area contributed by atoms with E-state index in [0.29, 0.717) is 26.1 Å². The van der Waals surface area contributed by atoms with E-state index in [1.54, 1.807) is 25.1 Å². The zero-order valence-electron chi connectivity index (χ0n) is 15.0. The van der Waals surface area contributed by atoms with Crippen molar-refractivity contribution in [1.82, 2.24) is 9.62 Å². The molecule has 1 aliphatic heterocycles. The SMILES string of the molecule is Cc1ccoc1C(=O)NCC1CCCN(S(=O)(=O)c2ccccc2C#N)C1. The third-order valence-electron chi connectivity index (χ3n) is 4.73. The summed E-state index contributed by atoms with van der Waals surface area (Å²) < 4.78 is 32.5. The molecule has 1 N–H and O–H groups in total. The summed E-state index contributed by atoms with van der Waals surface area (Å²) in [6, 6.07) is 9.87. The first-order valence-corrected chi connectivity index (χ1v) is 10.2. The lowest BCUT2D eigenvalue weighted by Crippen LogP contribution is -2.43. The zero-order valence-corrected chi connectivity index (χ0v) is 15.8. The third-order valence-corrected chi connectivity index (χ3v) is 6.65. The highest BCUT2D eigenvalue weighted by Gasteiger charge is 2.32. The van der Waals surface area contributed by atoms with Crippen molar-refractivity contribution in [1.29, 1.82) is 5.26 Å². The van der Waals surface area contributed by atoms with E-state index in [9.17, 15) is 18.5 Å². The quantitative estimate of drug-likeness (QED) is 0.848. The Balaban J connectivity index is 1.68. The van der Waals surface area contributed by atoms with E-state index in [2.05, 4.69) is 5.32 Å². The van der Waals surface area contributed by atoms with E-state index < -0.39 is 10.0 Å². The number of rotatable bonds is 5. The topological polar surface area (TPSA) is 103 Å². The van der Waals surface area contributed by atoms with Gasteiger partial charge in [0.2, 0.25) is 10.0 Å². The molecule has 2 aromatic rings. The number of sulfonamides is 1. The minimum absolute atomic E-state index is 0.00184. The summed E-state index contributed by atoms with van der Waals surface area (Å²) in [5, 5.41) is 12.0. The first-order valence-electron chi connectivity index (χ1n) is 8.75. The Kier molecular flexibility index (Phi) is 5.63. The number of nitriles is 1. The molecule has 142 valence electrons. The van der Waals surface area contributed by atoms with Crippen LogP contribution in [0.1, 0.15) is 34.5 Å². The Morgan fingerprint density at radius 1 is 1.37 bits per heavy atom. The van der Waals surface area contributed by atoms with Crippen LogP contribution >= 0.6 is 0 Å². The number of carbonyl (C=O) groups excluding carboxylic acids is 1. The van der Waals surface area contributed by atoms with Gasteiger partial charge in [-0.05, 0) is 43.9 Å². The molecule has 1 unspecified atom stereocenters. The maximum atomic E-state index is 13.0. The van der Waals surface area contributed by atoms with Crippen molar-refractivity contribution in [2.75, 3.05) is 19.6 Å². The number of carbonyl (C=O) groups is 1. The van der Waals surface area contributed by atoms with Crippen LogP contribution in [0.25, 0.3) is 0 Å². The van der Waals surface area contributed by atoms with E-state index in [1.807, 2.05) is 6.07 Å². The van der Waals surface area contributed by atoms with Gasteiger partial charge in [-0.25, -0.2) is 8.42 Å². The van der Waals surface area contributed by atoms with Gasteiger partial charge in [-0.3, -0.25) is 4.79 Å². The number of furan rings is 1. The van der Waals surface area contributed by atoms with Crippen LogP contribution in [0.5, 0.6) is 0 Å². The predicted molar refractivity (Wildman–Crippen MR) is 98.4 cm³/mol. The monoisotopic (exact) mass is 387 g/mol. The minimum atomic E-state index is -3.75. The standard InChI is InChI=1S/C19H21N3O4S/c1-14-8-10-26-18(14)19(23)21-12-15-5-4-9-22(13-15)27(24,25)17-7-3-2-6-16(17)11-20/h2-3,6-8,10,15H,4-5,9,12-13H2,1H3,(H,21,23). The summed E-state index contributed by atoms with van der Waals surface area (Å²) in [5.41, 5.74) is 0.898. The van der Waals surface area contributed by atoms with Gasteiger partial charge in [-0.2, -0.15) is 9.57 Å². The summed E-state index contributed by atoms with van der Waals surface area (Å²) >= 11 is 0. The summed E-state index contributed by atoms with van der Waals surface area (Å²) in [7, 11) is -3.75. The number of nitrogens with zero attached hydrogens (tertiary/aromatic N) is 2. The smallest absolute Gasteiger partial charge is 0.287 e. The van der Waals surface area contributed by atoms with Crippen LogP contribution < -0.4 is 5.32 Å². The molecule has 1 aromatic heterocycles. The van der Waals surface area contributed by atoms with E-state index in [1.165, 1.54) is 22.7 Å². The lowest BCUT2D eigenvalue weighted by Gasteiger charge is -2.32. The Bertz CT molecular complexity index is 975. The van der Waals surface area contributed by atoms with Gasteiger partial charge < -0.3 is 9.73 Å². The number of aryl methyl sites for hydroxylation is 1. The number of amides is 1. The fourth-order valence-corrected chi connectivity index (χ4v) is 4.95. The molecule has 0 spiro atoms. The van der Waals surface area contributed by atoms with Crippen LogP contribution in [0.2, 0.25) is 0 Å². The summed E-state index contributed by atoms with van der Waals surface area (Å²) in [4.78, 5) is 12.2. The van der Waals surface area contributed by atoms with Gasteiger partial charge in [-0.15, -0.1) is 0 Å². The lowest BCUT2D eigenvalue weighted by atomic mass is 10.00. The molecule has 1 aliphatic rings. The van der Waals surface area contributed by atoms with Crippen molar-refractivity contribution in [3.05, 3.63) is 53.5 Å². The van der Waals surface area contributed by atoms with Crippen molar-refractivity contribution in [2.24, 2.45) is 5.92 Å². The highest BCUT2D eigenvalue weighted by Crippen LogP contribution is 2.25. The molecule has 2 heterocycles. The molecule has 1 aromatic carbocycles. The molecule has 1 atom stereocenters. The van der Waals surface area contributed by atoms with Gasteiger partial charge in [0.05, 0.1) is 16.7 Å². The first-order chi connectivity index (χ1) is 12.9. The van der Waals surface area contributed by atoms with E-state index in [-0.39, 0.29) is 28.0 Å². The van der Waals surface area contributed by atoms with Crippen LogP contribution in [-0.2, 0) is 10.0 Å². The van der Waals surface area contributed by atoms with Gasteiger partial charge >= 0.3 is 0 Å². The molecular formula is C19H21N3O4S. The van der Waals surface area contributed by atoms with Gasteiger partial charge in [0.1, 0.15) is 6.07 Å². The number of hydrogen-bond acceptors (Lipinski definition) is 5. The largest absolute Gasteiger partial charge is 0.459 e. The highest BCUT2D eigenvalue weighted by molar-refractivity contribution is 7.89. The Morgan fingerprint density at radius 2 is 2.15 bits per heavy atom. The van der Waals surface area contributed by atoms with Crippen molar-refractivity contribution >= 4 is 15.9 Å². The Morgan fingerprint density at radius 3 is 2.85 bits per heavy atom. The molecule has 1 fully saturated rings. The highest BCUT2D eigenvalue weighted by atomic mass is 32.2. The Hall–Kier alpha value is -2.63. The molecule has 0 aliphatic carbocycles. The molecule has 0 radical (unpaired) electrons. The minimum Gasteiger partial charge on any atom is -0.459 e. The normalized spacial score (nSPS) is 18.0. The maximum absolute atomic E-state index is 13.0. The lowest BCUT2D eigenvalue weighted by molar-refractivity contribution is 0.0913. The molecule has 0 bridgehead atoms. The van der Waals surface area contributed by atoms with Crippen LogP contribution in [0, 0.1) is 24.2 Å². The van der Waals surface area contributed by atoms with E-state index in [4.69, 9.17) is 4.42 Å². The summed E-state index contributed by atoms with van der Waals surface area (Å²) in [5.74, 6) is -0.0208. The molecule has 3 rings (SSSR count). The van der Waals surface area contributed by atoms with Gasteiger partial charge in [0.15, 0.2) is 5.76 Å². The van der Waals surface area contributed by atoms with Crippen molar-refractivity contribution < 1.29 is 17.6 Å². The fraction of sp³-hybridized carbons (Fsp3) is 0.368. The molecule has 1 amide bonds. The molecule has 7 nitrogen and oxygen atoms in total. The van der Waals surface area contributed by atoms with Gasteiger partial charge in [-0.1, -0.05) is 12.1 Å². The van der Waals surface area contributed by atoms with Crippen molar-refractivity contribution in [3.8, 4) is 6.07 Å². The van der Waals surface area contributed by atoms with Crippen LogP contribution in [0.4, 0.5) is 0 Å². The number of benzene rings is 1. The Labute approximate surface area is 158 Å². The van der Waals surface area contributed by atoms with Crippen LogP contribution in [0.3, 0.4) is 0 Å². The second kappa shape index (κ2) is 7.94. The molecule has 8 heteroatoms. The number of nitrogens with one attached hydrogen (secondary N) is 1.